The zero-order chi connectivity index (χ0) is 26.6. The minimum atomic E-state index is -2.43. The SMILES string of the molecule is Cc1cc(OC2CCS(O)(O)CC2)cc(C)c1-c1cccc(COc2ccc(CCC(=O)O)c(F)c2)c1. The van der Waals surface area contributed by atoms with Gasteiger partial charge >= 0.3 is 5.97 Å². The largest absolute Gasteiger partial charge is 0.490 e. The Morgan fingerprint density at radius 1 is 1.00 bits per heavy atom. The molecule has 1 saturated heterocycles. The maximum atomic E-state index is 14.3. The molecule has 0 amide bonds. The molecule has 0 saturated carbocycles. The summed E-state index contributed by atoms with van der Waals surface area (Å²) in [6.45, 7) is 4.36. The molecule has 0 atom stereocenters. The Morgan fingerprint density at radius 3 is 2.35 bits per heavy atom. The number of halogens is 1. The van der Waals surface area contributed by atoms with E-state index in [0.717, 1.165) is 33.6 Å². The number of carbonyl (C=O) groups is 1. The van der Waals surface area contributed by atoms with Crippen LogP contribution in [0.1, 0.15) is 41.5 Å². The minimum Gasteiger partial charge on any atom is -0.490 e. The summed E-state index contributed by atoms with van der Waals surface area (Å²) in [5.41, 5.74) is 5.60. The van der Waals surface area contributed by atoms with Crippen molar-refractivity contribution in [2.75, 3.05) is 11.5 Å². The molecular weight excluding hydrogens is 495 g/mol. The van der Waals surface area contributed by atoms with Crippen LogP contribution in [0.15, 0.2) is 54.6 Å². The van der Waals surface area contributed by atoms with Crippen LogP contribution in [0.2, 0.25) is 0 Å². The molecule has 198 valence electrons. The molecule has 37 heavy (non-hydrogen) atoms. The van der Waals surface area contributed by atoms with E-state index in [1.165, 1.54) is 6.07 Å². The van der Waals surface area contributed by atoms with E-state index in [1.807, 2.05) is 44.2 Å². The van der Waals surface area contributed by atoms with Crippen LogP contribution in [0.5, 0.6) is 11.5 Å². The zero-order valence-corrected chi connectivity index (χ0v) is 21.9. The molecule has 0 radical (unpaired) electrons. The lowest BCUT2D eigenvalue weighted by Crippen LogP contribution is -2.28. The molecule has 6 nitrogen and oxygen atoms in total. The third-order valence-corrected chi connectivity index (χ3v) is 8.38. The molecule has 3 aromatic carbocycles. The Balaban J connectivity index is 1.42. The van der Waals surface area contributed by atoms with E-state index in [1.54, 1.807) is 12.1 Å². The number of carboxylic acids is 1. The number of benzene rings is 3. The lowest BCUT2D eigenvalue weighted by atomic mass is 9.94. The van der Waals surface area contributed by atoms with Crippen LogP contribution in [0.3, 0.4) is 0 Å². The average molecular weight is 529 g/mol. The quantitative estimate of drug-likeness (QED) is 0.277. The molecule has 3 aromatic rings. The molecule has 8 heteroatoms. The first-order valence-corrected chi connectivity index (χ1v) is 14.2. The van der Waals surface area contributed by atoms with Crippen molar-refractivity contribution in [2.24, 2.45) is 0 Å². The van der Waals surface area contributed by atoms with Gasteiger partial charge in [-0.2, -0.15) is 10.6 Å². The van der Waals surface area contributed by atoms with Gasteiger partial charge in [-0.15, -0.1) is 0 Å². The molecule has 0 bridgehead atoms. The van der Waals surface area contributed by atoms with Crippen molar-refractivity contribution in [3.05, 3.63) is 82.7 Å². The summed E-state index contributed by atoms with van der Waals surface area (Å²) in [6, 6.07) is 16.6. The van der Waals surface area contributed by atoms with Crippen LogP contribution < -0.4 is 9.47 Å². The van der Waals surface area contributed by atoms with Crippen LogP contribution >= 0.6 is 10.6 Å². The number of aliphatic carboxylic acids is 1. The van der Waals surface area contributed by atoms with Gasteiger partial charge in [-0.3, -0.25) is 13.9 Å². The number of carboxylic acid groups (broad SMARTS) is 1. The van der Waals surface area contributed by atoms with Gasteiger partial charge in [0.2, 0.25) is 0 Å². The lowest BCUT2D eigenvalue weighted by molar-refractivity contribution is -0.136. The van der Waals surface area contributed by atoms with Crippen LogP contribution in [0.4, 0.5) is 4.39 Å². The highest BCUT2D eigenvalue weighted by Gasteiger charge is 2.25. The summed E-state index contributed by atoms with van der Waals surface area (Å²) < 4.78 is 46.0. The second kappa shape index (κ2) is 11.5. The van der Waals surface area contributed by atoms with Gasteiger partial charge in [0.15, 0.2) is 0 Å². The standard InChI is InChI=1S/C29H33FO6S/c1-19-14-26(36-24-10-12-37(33,34)13-11-24)15-20(2)29(19)23-5-3-4-21(16-23)18-35-25-8-6-22(27(30)17-25)7-9-28(31)32/h3-6,8,14-17,24,33-34H,7,9-13,18H2,1-2H3,(H,31,32). The Labute approximate surface area is 218 Å². The number of hydrogen-bond donors (Lipinski definition) is 3. The van der Waals surface area contributed by atoms with E-state index in [0.29, 0.717) is 35.7 Å². The highest BCUT2D eigenvalue weighted by atomic mass is 32.3. The van der Waals surface area contributed by atoms with Gasteiger partial charge in [0.1, 0.15) is 30.0 Å². The summed E-state index contributed by atoms with van der Waals surface area (Å²) in [5.74, 6) is 0.533. The zero-order valence-electron chi connectivity index (χ0n) is 21.1. The van der Waals surface area contributed by atoms with Gasteiger partial charge in [-0.1, -0.05) is 24.3 Å². The molecule has 3 N–H and O–H groups in total. The molecule has 1 fully saturated rings. The highest BCUT2D eigenvalue weighted by molar-refractivity contribution is 8.24. The predicted octanol–water partition coefficient (Wildman–Crippen LogP) is 7.00. The number of hydrogen-bond acceptors (Lipinski definition) is 5. The molecule has 0 aliphatic carbocycles. The maximum absolute atomic E-state index is 14.3. The Morgan fingerprint density at radius 2 is 1.70 bits per heavy atom. The van der Waals surface area contributed by atoms with Crippen molar-refractivity contribution in [3.63, 3.8) is 0 Å². The third-order valence-electron chi connectivity index (χ3n) is 6.60. The lowest BCUT2D eigenvalue weighted by Gasteiger charge is -2.39. The monoisotopic (exact) mass is 528 g/mol. The van der Waals surface area contributed by atoms with Crippen molar-refractivity contribution in [3.8, 4) is 22.6 Å². The summed E-state index contributed by atoms with van der Waals surface area (Å²) in [6.07, 6.45) is 1.28. The molecule has 0 unspecified atom stereocenters. The highest BCUT2D eigenvalue weighted by Crippen LogP contribution is 2.44. The smallest absolute Gasteiger partial charge is 0.303 e. The molecule has 0 spiro atoms. The fourth-order valence-electron chi connectivity index (χ4n) is 4.69. The summed E-state index contributed by atoms with van der Waals surface area (Å²) in [5, 5.41) is 8.80. The topological polar surface area (TPSA) is 96.2 Å². The first-order chi connectivity index (χ1) is 17.6. The predicted molar refractivity (Wildman–Crippen MR) is 144 cm³/mol. The number of aryl methyl sites for hydroxylation is 3. The summed E-state index contributed by atoms with van der Waals surface area (Å²) in [7, 11) is -2.43. The average Bonchev–Trinajstić information content (AvgIpc) is 2.83. The van der Waals surface area contributed by atoms with Gasteiger partial charge in [-0.05, 0) is 77.9 Å². The van der Waals surface area contributed by atoms with Gasteiger partial charge in [0, 0.05) is 36.8 Å². The molecule has 1 aliphatic heterocycles. The first kappa shape index (κ1) is 27.0. The van der Waals surface area contributed by atoms with Crippen LogP contribution in [-0.2, 0) is 17.8 Å². The van der Waals surface area contributed by atoms with Crippen LogP contribution in [-0.4, -0.2) is 37.8 Å². The van der Waals surface area contributed by atoms with Gasteiger partial charge < -0.3 is 14.6 Å². The fourth-order valence-corrected chi connectivity index (χ4v) is 6.17. The van der Waals surface area contributed by atoms with Crippen molar-refractivity contribution in [1.82, 2.24) is 0 Å². The van der Waals surface area contributed by atoms with E-state index in [2.05, 4.69) is 6.07 Å². The van der Waals surface area contributed by atoms with Crippen molar-refractivity contribution < 1.29 is 32.9 Å². The van der Waals surface area contributed by atoms with Crippen molar-refractivity contribution in [2.45, 2.75) is 52.2 Å². The summed E-state index contributed by atoms with van der Waals surface area (Å²) in [4.78, 5) is 10.7. The normalized spacial score (nSPS) is 16.2. The van der Waals surface area contributed by atoms with Crippen LogP contribution in [0.25, 0.3) is 11.1 Å². The van der Waals surface area contributed by atoms with E-state index < -0.39 is 22.4 Å². The Hall–Kier alpha value is -3.07. The minimum absolute atomic E-state index is 0.0128. The molecule has 1 aliphatic rings. The van der Waals surface area contributed by atoms with E-state index in [-0.39, 0.29) is 25.6 Å². The van der Waals surface area contributed by atoms with Gasteiger partial charge in [0.25, 0.3) is 0 Å². The molecule has 0 aromatic heterocycles. The van der Waals surface area contributed by atoms with Crippen LogP contribution in [0, 0.1) is 19.7 Å². The first-order valence-electron chi connectivity index (χ1n) is 12.3. The summed E-state index contributed by atoms with van der Waals surface area (Å²) >= 11 is 0. The Kier molecular flexibility index (Phi) is 8.42. The van der Waals surface area contributed by atoms with Gasteiger partial charge in [-0.25, -0.2) is 4.39 Å². The molecular formula is C29H33FO6S. The number of ether oxygens (including phenoxy) is 2. The van der Waals surface area contributed by atoms with Crippen molar-refractivity contribution >= 4 is 16.6 Å². The van der Waals surface area contributed by atoms with E-state index >= 15 is 0 Å². The molecule has 4 rings (SSSR count). The fraction of sp³-hybridized carbons (Fsp3) is 0.345. The second-order valence-electron chi connectivity index (χ2n) is 9.60. The van der Waals surface area contributed by atoms with E-state index in [4.69, 9.17) is 14.6 Å². The number of rotatable bonds is 9. The molecule has 1 heterocycles. The van der Waals surface area contributed by atoms with Gasteiger partial charge in [0.05, 0.1) is 0 Å². The third kappa shape index (κ3) is 7.25. The van der Waals surface area contributed by atoms with E-state index in [9.17, 15) is 18.3 Å². The second-order valence-corrected chi connectivity index (χ2v) is 12.0. The maximum Gasteiger partial charge on any atom is 0.303 e. The van der Waals surface area contributed by atoms with Crippen molar-refractivity contribution in [1.29, 1.82) is 0 Å². The Bertz CT molecular complexity index is 1240.